The molecule has 0 radical (unpaired) electrons. The second-order valence-electron chi connectivity index (χ2n) is 2.48. The third kappa shape index (κ3) is 2.87. The van der Waals surface area contributed by atoms with Crippen molar-refractivity contribution >= 4 is 5.95 Å². The Bertz CT molecular complexity index is 223. The van der Waals surface area contributed by atoms with Crippen LogP contribution >= 0.6 is 0 Å². The van der Waals surface area contributed by atoms with Crippen LogP contribution in [-0.2, 0) is 11.3 Å². The summed E-state index contributed by atoms with van der Waals surface area (Å²) in [7, 11) is 0. The van der Waals surface area contributed by atoms with Gasteiger partial charge in [0, 0.05) is 6.61 Å². The van der Waals surface area contributed by atoms with Gasteiger partial charge in [-0.15, -0.1) is 5.10 Å². The number of hydrogen-bond acceptors (Lipinski definition) is 4. The van der Waals surface area contributed by atoms with Gasteiger partial charge in [0.05, 0.1) is 13.2 Å². The summed E-state index contributed by atoms with van der Waals surface area (Å²) in [6.45, 7) is 4.25. The molecule has 0 amide bonds. The highest BCUT2D eigenvalue weighted by Gasteiger charge is 1.94. The van der Waals surface area contributed by atoms with E-state index in [1.807, 2.05) is 0 Å². The molecule has 0 aliphatic heterocycles. The molecule has 0 bridgehead atoms. The molecule has 0 aromatic carbocycles. The van der Waals surface area contributed by atoms with Crippen LogP contribution in [0.2, 0.25) is 0 Å². The zero-order chi connectivity index (χ0) is 8.81. The van der Waals surface area contributed by atoms with Gasteiger partial charge in [0.1, 0.15) is 6.33 Å². The zero-order valence-electron chi connectivity index (χ0n) is 7.23. The van der Waals surface area contributed by atoms with Gasteiger partial charge in [-0.2, -0.15) is 0 Å². The van der Waals surface area contributed by atoms with Crippen LogP contribution < -0.4 is 5.73 Å². The fourth-order valence-electron chi connectivity index (χ4n) is 0.821. The van der Waals surface area contributed by atoms with Crippen LogP contribution in [0.4, 0.5) is 5.95 Å². The lowest BCUT2D eigenvalue weighted by atomic mass is 10.5. The lowest BCUT2D eigenvalue weighted by Crippen LogP contribution is -2.07. The molecule has 1 rings (SSSR count). The van der Waals surface area contributed by atoms with Gasteiger partial charge in [-0.3, -0.25) is 0 Å². The second kappa shape index (κ2) is 4.71. The second-order valence-corrected chi connectivity index (χ2v) is 2.48. The number of ether oxygens (including phenoxy) is 1. The minimum Gasteiger partial charge on any atom is -0.380 e. The Morgan fingerprint density at radius 2 is 2.42 bits per heavy atom. The summed E-state index contributed by atoms with van der Waals surface area (Å²) in [4.78, 5) is 3.79. The van der Waals surface area contributed by atoms with Crippen LogP contribution in [0.1, 0.15) is 13.3 Å². The number of aromatic nitrogens is 3. The molecule has 0 atom stereocenters. The van der Waals surface area contributed by atoms with Crippen LogP contribution in [0.25, 0.3) is 0 Å². The quantitative estimate of drug-likeness (QED) is 0.645. The van der Waals surface area contributed by atoms with Crippen molar-refractivity contribution in [3.63, 3.8) is 0 Å². The predicted octanol–water partition coefficient (Wildman–Crippen LogP) is 0.287. The maximum Gasteiger partial charge on any atom is 0.239 e. The first-order chi connectivity index (χ1) is 5.83. The van der Waals surface area contributed by atoms with Crippen molar-refractivity contribution in [2.45, 2.75) is 19.9 Å². The zero-order valence-corrected chi connectivity index (χ0v) is 7.23. The molecule has 68 valence electrons. The topological polar surface area (TPSA) is 66.0 Å². The molecule has 0 aliphatic rings. The summed E-state index contributed by atoms with van der Waals surface area (Å²) in [6.07, 6.45) is 2.64. The highest BCUT2D eigenvalue weighted by molar-refractivity contribution is 5.08. The maximum atomic E-state index is 5.33. The monoisotopic (exact) mass is 170 g/mol. The number of nitrogens with zero attached hydrogens (tertiary/aromatic N) is 3. The molecular formula is C7H14N4O. The number of nitrogens with two attached hydrogens (primary N) is 1. The fourth-order valence-corrected chi connectivity index (χ4v) is 0.821. The van der Waals surface area contributed by atoms with E-state index in [-0.39, 0.29) is 0 Å². The molecule has 0 aliphatic carbocycles. The van der Waals surface area contributed by atoms with E-state index in [0.717, 1.165) is 13.0 Å². The van der Waals surface area contributed by atoms with Gasteiger partial charge in [-0.05, 0) is 6.42 Å². The predicted molar refractivity (Wildman–Crippen MR) is 45.5 cm³/mol. The lowest BCUT2D eigenvalue weighted by Gasteiger charge is -2.00. The first-order valence-electron chi connectivity index (χ1n) is 4.05. The SMILES string of the molecule is CCCOCCn1cnc(N)n1. The van der Waals surface area contributed by atoms with Crippen molar-refractivity contribution < 1.29 is 4.74 Å². The summed E-state index contributed by atoms with van der Waals surface area (Å²) in [6, 6.07) is 0. The van der Waals surface area contributed by atoms with E-state index in [2.05, 4.69) is 17.0 Å². The van der Waals surface area contributed by atoms with Gasteiger partial charge in [-0.25, -0.2) is 9.67 Å². The first kappa shape index (κ1) is 8.99. The third-order valence-electron chi connectivity index (χ3n) is 1.37. The van der Waals surface area contributed by atoms with Crippen LogP contribution in [0, 0.1) is 0 Å². The van der Waals surface area contributed by atoms with E-state index in [0.29, 0.717) is 19.1 Å². The maximum absolute atomic E-state index is 5.33. The molecule has 2 N–H and O–H groups in total. The normalized spacial score (nSPS) is 10.4. The highest BCUT2D eigenvalue weighted by Crippen LogP contribution is 1.89. The van der Waals surface area contributed by atoms with Gasteiger partial charge >= 0.3 is 0 Å². The molecule has 0 fully saturated rings. The Kier molecular flexibility index (Phi) is 3.53. The molecule has 1 aromatic rings. The molecule has 0 saturated heterocycles. The molecule has 12 heavy (non-hydrogen) atoms. The molecule has 1 aromatic heterocycles. The summed E-state index contributed by atoms with van der Waals surface area (Å²) in [5, 5.41) is 3.91. The Morgan fingerprint density at radius 1 is 1.58 bits per heavy atom. The van der Waals surface area contributed by atoms with Crippen LogP contribution in [0.15, 0.2) is 6.33 Å². The van der Waals surface area contributed by atoms with Crippen molar-refractivity contribution in [3.05, 3.63) is 6.33 Å². The minimum atomic E-state index is 0.311. The summed E-state index contributed by atoms with van der Waals surface area (Å²) in [5.41, 5.74) is 5.33. The molecule has 5 heteroatoms. The van der Waals surface area contributed by atoms with E-state index >= 15 is 0 Å². The van der Waals surface area contributed by atoms with Crippen molar-refractivity contribution in [2.24, 2.45) is 0 Å². The Labute approximate surface area is 71.5 Å². The van der Waals surface area contributed by atoms with Crippen molar-refractivity contribution in [1.29, 1.82) is 0 Å². The third-order valence-corrected chi connectivity index (χ3v) is 1.37. The van der Waals surface area contributed by atoms with Crippen LogP contribution in [0.5, 0.6) is 0 Å². The smallest absolute Gasteiger partial charge is 0.239 e. The summed E-state index contributed by atoms with van der Waals surface area (Å²) >= 11 is 0. The molecule has 1 heterocycles. The van der Waals surface area contributed by atoms with Gasteiger partial charge in [0.25, 0.3) is 0 Å². The van der Waals surface area contributed by atoms with E-state index in [9.17, 15) is 0 Å². The lowest BCUT2D eigenvalue weighted by molar-refractivity contribution is 0.124. The van der Waals surface area contributed by atoms with Gasteiger partial charge in [-0.1, -0.05) is 6.92 Å². The number of rotatable bonds is 5. The van der Waals surface area contributed by atoms with Crippen molar-refractivity contribution in [2.75, 3.05) is 18.9 Å². The molecule has 5 nitrogen and oxygen atoms in total. The van der Waals surface area contributed by atoms with E-state index < -0.39 is 0 Å². The average molecular weight is 170 g/mol. The number of anilines is 1. The molecule has 0 saturated carbocycles. The first-order valence-corrected chi connectivity index (χ1v) is 4.05. The highest BCUT2D eigenvalue weighted by atomic mass is 16.5. The number of nitrogen functional groups attached to an aromatic ring is 1. The van der Waals surface area contributed by atoms with E-state index in [4.69, 9.17) is 10.5 Å². The number of hydrogen-bond donors (Lipinski definition) is 1. The van der Waals surface area contributed by atoms with Gasteiger partial charge in [0.15, 0.2) is 0 Å². The van der Waals surface area contributed by atoms with Crippen LogP contribution in [-0.4, -0.2) is 28.0 Å². The standard InChI is InChI=1S/C7H14N4O/c1-2-4-12-5-3-11-6-9-7(8)10-11/h6H,2-5H2,1H3,(H2,8,10). The van der Waals surface area contributed by atoms with Gasteiger partial charge in [0.2, 0.25) is 5.95 Å². The fraction of sp³-hybridized carbons (Fsp3) is 0.714. The Morgan fingerprint density at radius 3 is 3.00 bits per heavy atom. The van der Waals surface area contributed by atoms with Crippen LogP contribution in [0.3, 0.4) is 0 Å². The van der Waals surface area contributed by atoms with Crippen molar-refractivity contribution in [3.8, 4) is 0 Å². The Balaban J connectivity index is 2.15. The molecule has 0 spiro atoms. The summed E-state index contributed by atoms with van der Waals surface area (Å²) in [5.74, 6) is 0.311. The molecular weight excluding hydrogens is 156 g/mol. The average Bonchev–Trinajstić information content (AvgIpc) is 2.45. The summed E-state index contributed by atoms with van der Waals surface area (Å²) < 4.78 is 6.94. The van der Waals surface area contributed by atoms with E-state index in [1.165, 1.54) is 0 Å². The Hall–Kier alpha value is -1.10. The van der Waals surface area contributed by atoms with Gasteiger partial charge < -0.3 is 10.5 Å². The molecule has 0 unspecified atom stereocenters. The minimum absolute atomic E-state index is 0.311. The van der Waals surface area contributed by atoms with Crippen molar-refractivity contribution in [1.82, 2.24) is 14.8 Å². The largest absolute Gasteiger partial charge is 0.380 e. The van der Waals surface area contributed by atoms with E-state index in [1.54, 1.807) is 11.0 Å².